The highest BCUT2D eigenvalue weighted by Crippen LogP contribution is 2.28. The fraction of sp³-hybridized carbons (Fsp3) is 0.308. The normalized spacial score (nSPS) is 22.5. The maximum Gasteiger partial charge on any atom is 0.255 e. The van der Waals surface area contributed by atoms with Gasteiger partial charge in [-0.2, -0.15) is 0 Å². The summed E-state index contributed by atoms with van der Waals surface area (Å²) in [5, 5.41) is 2.28. The molecule has 0 saturated carbocycles. The van der Waals surface area contributed by atoms with Crippen LogP contribution < -0.4 is 5.32 Å². The summed E-state index contributed by atoms with van der Waals surface area (Å²) in [7, 11) is 0. The summed E-state index contributed by atoms with van der Waals surface area (Å²) in [5.74, 6) is -0.827. The molecule has 1 aromatic carbocycles. The molecule has 98 valence electrons. The van der Waals surface area contributed by atoms with Gasteiger partial charge < -0.3 is 4.90 Å². The largest absolute Gasteiger partial charge is 0.322 e. The summed E-state index contributed by atoms with van der Waals surface area (Å²) in [5.41, 5.74) is 1.49. The number of hydrogen-bond donors (Lipinski definition) is 2. The lowest BCUT2D eigenvalue weighted by molar-refractivity contribution is -0.136. The standard InChI is InChI=1S/C13H12N2O3S/c16-11-4-3-10(12(17)14-11)15-6-7-1-2-8(19)5-9(7)13(15)18/h1-2,5,10,19H,3-4,6H2,(H,14,16,17). The molecule has 2 aliphatic rings. The molecule has 3 amide bonds. The van der Waals surface area contributed by atoms with E-state index in [1.54, 1.807) is 6.07 Å². The maximum atomic E-state index is 12.3. The fourth-order valence-corrected chi connectivity index (χ4v) is 2.75. The number of imide groups is 1. The Morgan fingerprint density at radius 2 is 2.05 bits per heavy atom. The zero-order chi connectivity index (χ0) is 13.6. The van der Waals surface area contributed by atoms with Crippen LogP contribution >= 0.6 is 12.6 Å². The molecule has 2 aliphatic heterocycles. The van der Waals surface area contributed by atoms with Crippen molar-refractivity contribution in [3.05, 3.63) is 29.3 Å². The quantitative estimate of drug-likeness (QED) is 0.587. The van der Waals surface area contributed by atoms with Crippen molar-refractivity contribution < 1.29 is 14.4 Å². The van der Waals surface area contributed by atoms with Crippen molar-refractivity contribution in [2.45, 2.75) is 30.3 Å². The molecule has 1 N–H and O–H groups in total. The Kier molecular flexibility index (Phi) is 2.82. The molecule has 1 fully saturated rings. The Hall–Kier alpha value is -1.82. The molecule has 0 aromatic heterocycles. The molecule has 6 heteroatoms. The Bertz CT molecular complexity index is 600. The first-order valence-corrected chi connectivity index (χ1v) is 6.47. The third kappa shape index (κ3) is 2.02. The smallest absolute Gasteiger partial charge is 0.255 e. The molecule has 2 heterocycles. The molecule has 0 radical (unpaired) electrons. The van der Waals surface area contributed by atoms with Crippen molar-refractivity contribution in [1.82, 2.24) is 10.2 Å². The minimum absolute atomic E-state index is 0.166. The van der Waals surface area contributed by atoms with E-state index in [0.717, 1.165) is 10.5 Å². The van der Waals surface area contributed by atoms with Crippen LogP contribution in [0, 0.1) is 0 Å². The number of carbonyl (C=O) groups is 3. The van der Waals surface area contributed by atoms with Gasteiger partial charge in [-0.05, 0) is 24.1 Å². The lowest BCUT2D eigenvalue weighted by atomic mass is 10.0. The average Bonchev–Trinajstić information content (AvgIpc) is 2.67. The van der Waals surface area contributed by atoms with Crippen molar-refractivity contribution in [3.63, 3.8) is 0 Å². The van der Waals surface area contributed by atoms with Crippen LogP contribution in [-0.2, 0) is 16.1 Å². The van der Waals surface area contributed by atoms with E-state index in [0.29, 0.717) is 18.5 Å². The van der Waals surface area contributed by atoms with Gasteiger partial charge in [-0.3, -0.25) is 19.7 Å². The highest BCUT2D eigenvalue weighted by atomic mass is 32.1. The van der Waals surface area contributed by atoms with Crippen LogP contribution in [0.1, 0.15) is 28.8 Å². The maximum absolute atomic E-state index is 12.3. The van der Waals surface area contributed by atoms with Crippen molar-refractivity contribution in [1.29, 1.82) is 0 Å². The number of benzene rings is 1. The number of thiol groups is 1. The summed E-state index contributed by atoms with van der Waals surface area (Å²) in [4.78, 5) is 37.5. The number of carbonyl (C=O) groups excluding carboxylic acids is 3. The van der Waals surface area contributed by atoms with Crippen molar-refractivity contribution in [3.8, 4) is 0 Å². The molecule has 3 rings (SSSR count). The first-order valence-electron chi connectivity index (χ1n) is 6.03. The Morgan fingerprint density at radius 1 is 1.26 bits per heavy atom. The van der Waals surface area contributed by atoms with Crippen molar-refractivity contribution in [2.24, 2.45) is 0 Å². The predicted molar refractivity (Wildman–Crippen MR) is 69.7 cm³/mol. The lowest BCUT2D eigenvalue weighted by Crippen LogP contribution is -2.52. The van der Waals surface area contributed by atoms with E-state index in [1.807, 2.05) is 12.1 Å². The summed E-state index contributed by atoms with van der Waals surface area (Å²) >= 11 is 4.22. The molecular weight excluding hydrogens is 264 g/mol. The average molecular weight is 276 g/mol. The van der Waals surface area contributed by atoms with E-state index in [-0.39, 0.29) is 24.1 Å². The summed E-state index contributed by atoms with van der Waals surface area (Å²) < 4.78 is 0. The van der Waals surface area contributed by atoms with E-state index in [1.165, 1.54) is 4.90 Å². The van der Waals surface area contributed by atoms with E-state index in [9.17, 15) is 14.4 Å². The Balaban J connectivity index is 1.88. The van der Waals surface area contributed by atoms with E-state index in [2.05, 4.69) is 17.9 Å². The third-order valence-corrected chi connectivity index (χ3v) is 3.79. The van der Waals surface area contributed by atoms with Gasteiger partial charge in [0, 0.05) is 23.4 Å². The summed E-state index contributed by atoms with van der Waals surface area (Å²) in [6.07, 6.45) is 0.659. The van der Waals surface area contributed by atoms with Crippen LogP contribution in [0.4, 0.5) is 0 Å². The SMILES string of the molecule is O=C1CCC(N2Cc3ccc(S)cc3C2=O)C(=O)N1. The van der Waals surface area contributed by atoms with Crippen LogP contribution in [0.3, 0.4) is 0 Å². The number of piperidine rings is 1. The van der Waals surface area contributed by atoms with Crippen molar-refractivity contribution in [2.75, 3.05) is 0 Å². The van der Waals surface area contributed by atoms with Gasteiger partial charge in [0.05, 0.1) is 0 Å². The summed E-state index contributed by atoms with van der Waals surface area (Å²) in [6, 6.07) is 4.83. The first kappa shape index (κ1) is 12.2. The van der Waals surface area contributed by atoms with Gasteiger partial charge in [-0.15, -0.1) is 12.6 Å². The number of fused-ring (bicyclic) bond motifs is 1. The second-order valence-electron chi connectivity index (χ2n) is 4.74. The van der Waals surface area contributed by atoms with E-state index < -0.39 is 6.04 Å². The van der Waals surface area contributed by atoms with Crippen LogP contribution in [-0.4, -0.2) is 28.7 Å². The van der Waals surface area contributed by atoms with Crippen LogP contribution in [0.15, 0.2) is 23.1 Å². The zero-order valence-electron chi connectivity index (χ0n) is 10.0. The number of hydrogen-bond acceptors (Lipinski definition) is 4. The highest BCUT2D eigenvalue weighted by Gasteiger charge is 2.38. The molecular formula is C13H12N2O3S. The third-order valence-electron chi connectivity index (χ3n) is 3.51. The molecule has 19 heavy (non-hydrogen) atoms. The minimum atomic E-state index is -0.555. The molecule has 0 spiro atoms. The van der Waals surface area contributed by atoms with Crippen molar-refractivity contribution >= 4 is 30.4 Å². The second kappa shape index (κ2) is 4.38. The molecule has 5 nitrogen and oxygen atoms in total. The number of amides is 3. The van der Waals surface area contributed by atoms with Gasteiger partial charge >= 0.3 is 0 Å². The van der Waals surface area contributed by atoms with Gasteiger partial charge in [0.15, 0.2) is 0 Å². The van der Waals surface area contributed by atoms with Crippen LogP contribution in [0.2, 0.25) is 0 Å². The molecule has 0 bridgehead atoms. The van der Waals surface area contributed by atoms with Gasteiger partial charge in [0.1, 0.15) is 6.04 Å². The van der Waals surface area contributed by atoms with Crippen LogP contribution in [0.25, 0.3) is 0 Å². The topological polar surface area (TPSA) is 66.5 Å². The molecule has 0 aliphatic carbocycles. The highest BCUT2D eigenvalue weighted by molar-refractivity contribution is 7.80. The predicted octanol–water partition coefficient (Wildman–Crippen LogP) is 0.736. The monoisotopic (exact) mass is 276 g/mol. The minimum Gasteiger partial charge on any atom is -0.322 e. The summed E-state index contributed by atoms with van der Waals surface area (Å²) in [6.45, 7) is 0.411. The fourth-order valence-electron chi connectivity index (χ4n) is 2.54. The van der Waals surface area contributed by atoms with Gasteiger partial charge in [-0.1, -0.05) is 6.07 Å². The molecule has 1 unspecified atom stereocenters. The molecule has 1 aromatic rings. The number of rotatable bonds is 1. The molecule has 1 atom stereocenters. The van der Waals surface area contributed by atoms with Gasteiger partial charge in [0.25, 0.3) is 5.91 Å². The number of nitrogens with one attached hydrogen (secondary N) is 1. The lowest BCUT2D eigenvalue weighted by Gasteiger charge is -2.29. The van der Waals surface area contributed by atoms with Gasteiger partial charge in [0.2, 0.25) is 11.8 Å². The van der Waals surface area contributed by atoms with E-state index >= 15 is 0 Å². The van der Waals surface area contributed by atoms with Gasteiger partial charge in [-0.25, -0.2) is 0 Å². The zero-order valence-corrected chi connectivity index (χ0v) is 10.9. The van der Waals surface area contributed by atoms with Crippen LogP contribution in [0.5, 0.6) is 0 Å². The first-order chi connectivity index (χ1) is 9.06. The Morgan fingerprint density at radius 3 is 2.79 bits per heavy atom. The molecule has 1 saturated heterocycles. The Labute approximate surface area is 115 Å². The number of nitrogens with zero attached hydrogens (tertiary/aromatic N) is 1. The second-order valence-corrected chi connectivity index (χ2v) is 5.26. The van der Waals surface area contributed by atoms with E-state index in [4.69, 9.17) is 0 Å².